The van der Waals surface area contributed by atoms with Crippen LogP contribution in [0.4, 0.5) is 11.4 Å². The van der Waals surface area contributed by atoms with Gasteiger partial charge in [0, 0.05) is 25.8 Å². The predicted molar refractivity (Wildman–Crippen MR) is 78.4 cm³/mol. The Hall–Kier alpha value is -1.71. The smallest absolute Gasteiger partial charge is 0.293 e. The minimum Gasteiger partial charge on any atom is -0.381 e. The maximum Gasteiger partial charge on any atom is 0.293 e. The molecule has 1 aliphatic rings. The van der Waals surface area contributed by atoms with E-state index in [-0.39, 0.29) is 10.6 Å². The molecule has 0 aliphatic carbocycles. The summed E-state index contributed by atoms with van der Waals surface area (Å²) in [6.45, 7) is 2.03. The molecule has 1 fully saturated rings. The highest BCUT2D eigenvalue weighted by molar-refractivity contribution is 7.90. The molecular weight excluding hydrogens is 296 g/mol. The van der Waals surface area contributed by atoms with Gasteiger partial charge in [-0.15, -0.1) is 0 Å². The van der Waals surface area contributed by atoms with Crippen molar-refractivity contribution in [1.82, 2.24) is 0 Å². The SMILES string of the molecule is N=S(N)(=O)c1ccc(NCC2CCOCC2)c([N+](=O)[O-])c1. The Balaban J connectivity index is 2.16. The molecule has 1 heterocycles. The largest absolute Gasteiger partial charge is 0.381 e. The second-order valence-electron chi connectivity index (χ2n) is 4.97. The van der Waals surface area contributed by atoms with E-state index in [4.69, 9.17) is 14.7 Å². The molecule has 0 aromatic heterocycles. The molecule has 2 rings (SSSR count). The summed E-state index contributed by atoms with van der Waals surface area (Å²) in [4.78, 5) is 10.5. The average molecular weight is 314 g/mol. The molecule has 0 bridgehead atoms. The zero-order valence-electron chi connectivity index (χ0n) is 11.4. The molecule has 21 heavy (non-hydrogen) atoms. The lowest BCUT2D eigenvalue weighted by atomic mass is 10.0. The number of anilines is 1. The van der Waals surface area contributed by atoms with Crippen LogP contribution in [0.3, 0.4) is 0 Å². The minimum absolute atomic E-state index is 0.0502. The summed E-state index contributed by atoms with van der Waals surface area (Å²) in [5, 5.41) is 19.4. The maximum absolute atomic E-state index is 11.5. The van der Waals surface area contributed by atoms with Crippen LogP contribution in [0.5, 0.6) is 0 Å². The Kier molecular flexibility index (Phi) is 4.76. The van der Waals surface area contributed by atoms with Crippen molar-refractivity contribution in [3.63, 3.8) is 0 Å². The first-order valence-electron chi connectivity index (χ1n) is 6.54. The molecule has 8 nitrogen and oxygen atoms in total. The molecule has 1 aromatic rings. The van der Waals surface area contributed by atoms with E-state index in [2.05, 4.69) is 5.32 Å². The predicted octanol–water partition coefficient (Wildman–Crippen LogP) is 1.71. The van der Waals surface area contributed by atoms with Crippen LogP contribution in [0.25, 0.3) is 0 Å². The summed E-state index contributed by atoms with van der Waals surface area (Å²) >= 11 is 0. The third-order valence-electron chi connectivity index (χ3n) is 3.44. The van der Waals surface area contributed by atoms with Gasteiger partial charge in [-0.2, -0.15) is 0 Å². The van der Waals surface area contributed by atoms with E-state index in [1.165, 1.54) is 12.1 Å². The fraction of sp³-hybridized carbons (Fsp3) is 0.500. The van der Waals surface area contributed by atoms with Crippen molar-refractivity contribution < 1.29 is 13.9 Å². The number of nitro benzene ring substituents is 1. The number of ether oxygens (including phenoxy) is 1. The van der Waals surface area contributed by atoms with Gasteiger partial charge in [0.15, 0.2) is 0 Å². The quantitative estimate of drug-likeness (QED) is 0.562. The van der Waals surface area contributed by atoms with Crippen molar-refractivity contribution in [3.8, 4) is 0 Å². The van der Waals surface area contributed by atoms with Crippen LogP contribution >= 0.6 is 0 Å². The van der Waals surface area contributed by atoms with Crippen LogP contribution in [0.2, 0.25) is 0 Å². The minimum atomic E-state index is -3.46. The fourth-order valence-corrected chi connectivity index (χ4v) is 2.76. The monoisotopic (exact) mass is 314 g/mol. The third kappa shape index (κ3) is 4.13. The third-order valence-corrected chi connectivity index (χ3v) is 4.39. The zero-order valence-corrected chi connectivity index (χ0v) is 12.2. The number of nitro groups is 1. The number of hydrogen-bond donors (Lipinski definition) is 3. The van der Waals surface area contributed by atoms with Crippen LogP contribution in [-0.4, -0.2) is 28.9 Å². The second kappa shape index (κ2) is 6.37. The number of nitrogens with zero attached hydrogens (tertiary/aromatic N) is 1. The molecule has 1 saturated heterocycles. The van der Waals surface area contributed by atoms with Gasteiger partial charge in [0.2, 0.25) is 0 Å². The number of nitrogens with two attached hydrogens (primary N) is 1. The van der Waals surface area contributed by atoms with E-state index in [1.54, 1.807) is 0 Å². The van der Waals surface area contributed by atoms with Crippen molar-refractivity contribution in [2.24, 2.45) is 11.1 Å². The molecule has 1 aromatic carbocycles. The molecule has 0 radical (unpaired) electrons. The second-order valence-corrected chi connectivity index (χ2v) is 6.65. The molecule has 116 valence electrons. The summed E-state index contributed by atoms with van der Waals surface area (Å²) < 4.78 is 24.0. The Morgan fingerprint density at radius 3 is 2.71 bits per heavy atom. The lowest BCUT2D eigenvalue weighted by Gasteiger charge is -2.22. The van der Waals surface area contributed by atoms with E-state index in [0.29, 0.717) is 31.4 Å². The fourth-order valence-electron chi connectivity index (χ4n) is 2.21. The molecule has 0 spiro atoms. The van der Waals surface area contributed by atoms with E-state index in [9.17, 15) is 14.3 Å². The molecule has 1 unspecified atom stereocenters. The molecule has 1 atom stereocenters. The van der Waals surface area contributed by atoms with Gasteiger partial charge in [-0.05, 0) is 30.9 Å². The topological polar surface area (TPSA) is 131 Å². The first kappa shape index (κ1) is 15.7. The Morgan fingerprint density at radius 2 is 2.14 bits per heavy atom. The van der Waals surface area contributed by atoms with E-state index >= 15 is 0 Å². The van der Waals surface area contributed by atoms with Crippen LogP contribution in [0.15, 0.2) is 23.1 Å². The number of nitrogens with one attached hydrogen (secondary N) is 2. The number of hydrogen-bond acceptors (Lipinski definition) is 6. The van der Waals surface area contributed by atoms with Gasteiger partial charge in [0.25, 0.3) is 5.69 Å². The molecule has 4 N–H and O–H groups in total. The summed E-state index contributed by atoms with van der Waals surface area (Å²) in [5.74, 6) is 0.410. The molecule has 9 heteroatoms. The van der Waals surface area contributed by atoms with Crippen LogP contribution in [0.1, 0.15) is 12.8 Å². The number of benzene rings is 1. The first-order valence-corrected chi connectivity index (χ1v) is 8.16. The lowest BCUT2D eigenvalue weighted by Crippen LogP contribution is -2.23. The van der Waals surface area contributed by atoms with Gasteiger partial charge in [0.05, 0.1) is 9.82 Å². The lowest BCUT2D eigenvalue weighted by molar-refractivity contribution is -0.384. The molecule has 0 saturated carbocycles. The Labute approximate surface area is 122 Å². The van der Waals surface area contributed by atoms with E-state index in [0.717, 1.165) is 18.9 Å². The standard InChI is InChI=1S/C12H18N4O4S/c13-21(14,19)10-1-2-11(12(7-10)16(17)18)15-8-9-3-5-20-6-4-9/h1-2,7,9,15H,3-6,8H2,(H3,13,14,19). The van der Waals surface area contributed by atoms with Gasteiger partial charge in [0.1, 0.15) is 15.6 Å². The Bertz CT molecular complexity index is 626. The van der Waals surface area contributed by atoms with Crippen LogP contribution in [0, 0.1) is 20.8 Å². The van der Waals surface area contributed by atoms with Crippen LogP contribution < -0.4 is 10.5 Å². The van der Waals surface area contributed by atoms with Crippen molar-refractivity contribution >= 4 is 21.3 Å². The highest BCUT2D eigenvalue weighted by Crippen LogP contribution is 2.28. The van der Waals surface area contributed by atoms with E-state index in [1.807, 2.05) is 0 Å². The van der Waals surface area contributed by atoms with E-state index < -0.39 is 14.8 Å². The van der Waals surface area contributed by atoms with Gasteiger partial charge >= 0.3 is 0 Å². The van der Waals surface area contributed by atoms with Crippen molar-refractivity contribution in [2.45, 2.75) is 17.7 Å². The number of rotatable bonds is 5. The molecular formula is C12H18N4O4S. The molecule has 1 aliphatic heterocycles. The summed E-state index contributed by atoms with van der Waals surface area (Å²) in [6, 6.07) is 3.93. The zero-order chi connectivity index (χ0) is 15.5. The van der Waals surface area contributed by atoms with Crippen molar-refractivity contribution in [2.75, 3.05) is 25.1 Å². The van der Waals surface area contributed by atoms with Crippen LogP contribution in [-0.2, 0) is 14.7 Å². The highest BCUT2D eigenvalue weighted by atomic mass is 32.2. The average Bonchev–Trinajstić information content (AvgIpc) is 2.45. The molecule has 0 amide bonds. The summed E-state index contributed by atoms with van der Waals surface area (Å²) in [7, 11) is -3.46. The van der Waals surface area contributed by atoms with Gasteiger partial charge in [-0.1, -0.05) is 0 Å². The highest BCUT2D eigenvalue weighted by Gasteiger charge is 2.19. The summed E-state index contributed by atoms with van der Waals surface area (Å²) in [5.41, 5.74) is 0.129. The Morgan fingerprint density at radius 1 is 1.48 bits per heavy atom. The van der Waals surface area contributed by atoms with Gasteiger partial charge < -0.3 is 10.1 Å². The first-order chi connectivity index (χ1) is 9.88. The van der Waals surface area contributed by atoms with Crippen molar-refractivity contribution in [3.05, 3.63) is 28.3 Å². The van der Waals surface area contributed by atoms with Gasteiger partial charge in [-0.25, -0.2) is 14.1 Å². The summed E-state index contributed by atoms with van der Waals surface area (Å²) in [6.07, 6.45) is 1.84. The normalized spacial score (nSPS) is 18.9. The van der Waals surface area contributed by atoms with Crippen molar-refractivity contribution in [1.29, 1.82) is 4.78 Å². The maximum atomic E-state index is 11.5. The van der Waals surface area contributed by atoms with Gasteiger partial charge in [-0.3, -0.25) is 10.1 Å².